The zero-order chi connectivity index (χ0) is 13.8. The molecule has 1 aromatic heterocycles. The highest BCUT2D eigenvalue weighted by Gasteiger charge is 2.07. The van der Waals surface area contributed by atoms with E-state index < -0.39 is 0 Å². The number of hydrogen-bond acceptors (Lipinski definition) is 2. The van der Waals surface area contributed by atoms with Crippen molar-refractivity contribution in [3.63, 3.8) is 0 Å². The minimum absolute atomic E-state index is 0.178. The molecular formula is C15H20FN3. The summed E-state index contributed by atoms with van der Waals surface area (Å²) in [6.07, 6.45) is 0.930. The second-order valence-electron chi connectivity index (χ2n) is 4.56. The van der Waals surface area contributed by atoms with Crippen LogP contribution in [0.2, 0.25) is 0 Å². The van der Waals surface area contributed by atoms with Crippen molar-refractivity contribution in [2.45, 2.75) is 40.3 Å². The van der Waals surface area contributed by atoms with Crippen LogP contribution >= 0.6 is 0 Å². The Morgan fingerprint density at radius 3 is 2.79 bits per heavy atom. The number of hydrogen-bond donors (Lipinski definition) is 1. The lowest BCUT2D eigenvalue weighted by Crippen LogP contribution is -2.08. The minimum atomic E-state index is -0.178. The van der Waals surface area contributed by atoms with Crippen molar-refractivity contribution in [1.82, 2.24) is 9.78 Å². The molecule has 0 fully saturated rings. The fourth-order valence-corrected chi connectivity index (χ4v) is 2.09. The lowest BCUT2D eigenvalue weighted by molar-refractivity contribution is 0.615. The van der Waals surface area contributed by atoms with Gasteiger partial charge in [0.05, 0.1) is 17.9 Å². The van der Waals surface area contributed by atoms with E-state index in [4.69, 9.17) is 0 Å². The number of aryl methyl sites for hydroxylation is 2. The first-order valence-electron chi connectivity index (χ1n) is 6.70. The van der Waals surface area contributed by atoms with Crippen LogP contribution in [0.15, 0.2) is 24.3 Å². The summed E-state index contributed by atoms with van der Waals surface area (Å²) in [5.41, 5.74) is 3.71. The van der Waals surface area contributed by atoms with E-state index in [1.54, 1.807) is 13.0 Å². The summed E-state index contributed by atoms with van der Waals surface area (Å²) in [5.74, 6) is -0.178. The molecule has 0 saturated heterocycles. The van der Waals surface area contributed by atoms with Gasteiger partial charge in [-0.15, -0.1) is 0 Å². The van der Waals surface area contributed by atoms with E-state index in [2.05, 4.69) is 30.3 Å². The van der Waals surface area contributed by atoms with Crippen LogP contribution in [0.5, 0.6) is 0 Å². The van der Waals surface area contributed by atoms with E-state index in [1.807, 2.05) is 10.7 Å². The van der Waals surface area contributed by atoms with E-state index in [9.17, 15) is 4.39 Å². The fraction of sp³-hybridized carbons (Fsp3) is 0.400. The number of nitrogens with zero attached hydrogens (tertiary/aromatic N) is 2. The molecule has 3 nitrogen and oxygen atoms in total. The molecule has 0 saturated carbocycles. The highest BCUT2D eigenvalue weighted by Crippen LogP contribution is 2.18. The van der Waals surface area contributed by atoms with Crippen LogP contribution in [0.25, 0.3) is 0 Å². The molecule has 0 bridgehead atoms. The Hall–Kier alpha value is -1.84. The molecule has 2 aromatic rings. The Kier molecular flexibility index (Phi) is 4.20. The quantitative estimate of drug-likeness (QED) is 0.892. The van der Waals surface area contributed by atoms with Crippen LogP contribution in [-0.4, -0.2) is 9.78 Å². The van der Waals surface area contributed by atoms with Gasteiger partial charge in [-0.3, -0.25) is 4.68 Å². The predicted octanol–water partition coefficient (Wildman–Crippen LogP) is 3.53. The Morgan fingerprint density at radius 2 is 2.11 bits per heavy atom. The van der Waals surface area contributed by atoms with Gasteiger partial charge in [0.1, 0.15) is 5.82 Å². The van der Waals surface area contributed by atoms with Crippen molar-refractivity contribution in [2.75, 3.05) is 5.32 Å². The molecule has 0 spiro atoms. The summed E-state index contributed by atoms with van der Waals surface area (Å²) in [4.78, 5) is 0. The normalized spacial score (nSPS) is 10.7. The van der Waals surface area contributed by atoms with Gasteiger partial charge in [0, 0.05) is 17.8 Å². The molecule has 0 amide bonds. The number of benzene rings is 1. The van der Waals surface area contributed by atoms with E-state index >= 15 is 0 Å². The van der Waals surface area contributed by atoms with Crippen molar-refractivity contribution in [3.05, 3.63) is 47.0 Å². The number of aromatic nitrogens is 2. The summed E-state index contributed by atoms with van der Waals surface area (Å²) in [6.45, 7) is 7.45. The molecule has 1 heterocycles. The van der Waals surface area contributed by atoms with E-state index in [1.165, 1.54) is 6.07 Å². The second-order valence-corrected chi connectivity index (χ2v) is 4.56. The summed E-state index contributed by atoms with van der Waals surface area (Å²) in [7, 11) is 0. The highest BCUT2D eigenvalue weighted by molar-refractivity contribution is 5.51. The van der Waals surface area contributed by atoms with Gasteiger partial charge >= 0.3 is 0 Å². The molecule has 2 rings (SSSR count). The fourth-order valence-electron chi connectivity index (χ4n) is 2.09. The summed E-state index contributed by atoms with van der Waals surface area (Å²) < 4.78 is 15.4. The smallest absolute Gasteiger partial charge is 0.128 e. The first-order chi connectivity index (χ1) is 9.15. The van der Waals surface area contributed by atoms with E-state index in [-0.39, 0.29) is 5.82 Å². The van der Waals surface area contributed by atoms with Crippen LogP contribution in [0.4, 0.5) is 10.1 Å². The number of halogens is 1. The average molecular weight is 261 g/mol. The number of rotatable bonds is 5. The standard InChI is InChI=1S/C15H20FN3/c1-4-12-9-13(19(5-2)18-12)10-17-15-8-6-7-14(16)11(15)3/h6-9,17H,4-5,10H2,1-3H3. The molecule has 0 aliphatic carbocycles. The Bertz CT molecular complexity index is 561. The number of nitrogens with one attached hydrogen (secondary N) is 1. The van der Waals surface area contributed by atoms with Gasteiger partial charge in [0.2, 0.25) is 0 Å². The third kappa shape index (κ3) is 2.95. The molecule has 1 aromatic carbocycles. The molecule has 0 atom stereocenters. The van der Waals surface area contributed by atoms with Crippen LogP contribution in [0.3, 0.4) is 0 Å². The van der Waals surface area contributed by atoms with E-state index in [0.717, 1.165) is 30.0 Å². The predicted molar refractivity (Wildman–Crippen MR) is 75.7 cm³/mol. The highest BCUT2D eigenvalue weighted by atomic mass is 19.1. The Morgan fingerprint density at radius 1 is 1.32 bits per heavy atom. The van der Waals surface area contributed by atoms with Crippen molar-refractivity contribution in [1.29, 1.82) is 0 Å². The van der Waals surface area contributed by atoms with Gasteiger partial charge in [-0.05, 0) is 38.5 Å². The molecule has 0 unspecified atom stereocenters. The minimum Gasteiger partial charge on any atom is -0.379 e. The van der Waals surface area contributed by atoms with Gasteiger partial charge in [0.15, 0.2) is 0 Å². The average Bonchev–Trinajstić information content (AvgIpc) is 2.83. The first kappa shape index (κ1) is 13.6. The monoisotopic (exact) mass is 261 g/mol. The molecule has 19 heavy (non-hydrogen) atoms. The van der Waals surface area contributed by atoms with E-state index in [0.29, 0.717) is 12.1 Å². The van der Waals surface area contributed by atoms with Crippen molar-refractivity contribution in [2.24, 2.45) is 0 Å². The molecule has 1 N–H and O–H groups in total. The maximum atomic E-state index is 13.5. The topological polar surface area (TPSA) is 29.9 Å². The molecular weight excluding hydrogens is 241 g/mol. The van der Waals surface area contributed by atoms with Crippen LogP contribution in [-0.2, 0) is 19.5 Å². The van der Waals surface area contributed by atoms with Crippen LogP contribution in [0, 0.1) is 12.7 Å². The zero-order valence-corrected chi connectivity index (χ0v) is 11.7. The Balaban J connectivity index is 2.14. The van der Waals surface area contributed by atoms with Crippen LogP contribution in [0.1, 0.15) is 30.8 Å². The third-order valence-corrected chi connectivity index (χ3v) is 3.30. The maximum Gasteiger partial charge on any atom is 0.128 e. The van der Waals surface area contributed by atoms with Crippen LogP contribution < -0.4 is 5.32 Å². The number of anilines is 1. The van der Waals surface area contributed by atoms with Gasteiger partial charge in [0.25, 0.3) is 0 Å². The van der Waals surface area contributed by atoms with Crippen molar-refractivity contribution < 1.29 is 4.39 Å². The lowest BCUT2D eigenvalue weighted by Gasteiger charge is -2.10. The van der Waals surface area contributed by atoms with Gasteiger partial charge in [-0.25, -0.2) is 4.39 Å². The summed E-state index contributed by atoms with van der Waals surface area (Å²) >= 11 is 0. The summed E-state index contributed by atoms with van der Waals surface area (Å²) in [5, 5.41) is 7.78. The van der Waals surface area contributed by atoms with Gasteiger partial charge < -0.3 is 5.32 Å². The Labute approximate surface area is 113 Å². The maximum absolute atomic E-state index is 13.5. The summed E-state index contributed by atoms with van der Waals surface area (Å²) in [6, 6.07) is 7.20. The lowest BCUT2D eigenvalue weighted by atomic mass is 10.2. The van der Waals surface area contributed by atoms with Crippen molar-refractivity contribution in [3.8, 4) is 0 Å². The zero-order valence-electron chi connectivity index (χ0n) is 11.7. The van der Waals surface area contributed by atoms with Gasteiger partial charge in [-0.1, -0.05) is 13.0 Å². The largest absolute Gasteiger partial charge is 0.379 e. The first-order valence-corrected chi connectivity index (χ1v) is 6.70. The van der Waals surface area contributed by atoms with Crippen molar-refractivity contribution >= 4 is 5.69 Å². The third-order valence-electron chi connectivity index (χ3n) is 3.30. The second kappa shape index (κ2) is 5.87. The van der Waals surface area contributed by atoms with Gasteiger partial charge in [-0.2, -0.15) is 5.10 Å². The molecule has 4 heteroatoms. The molecule has 0 aliphatic heterocycles. The molecule has 0 radical (unpaired) electrons. The molecule has 102 valence electrons. The molecule has 0 aliphatic rings. The SMILES string of the molecule is CCc1cc(CNc2cccc(F)c2C)n(CC)n1.